The van der Waals surface area contributed by atoms with E-state index in [1.165, 1.54) is 6.20 Å². The number of nitrogens with one attached hydrogen (secondary N) is 2. The average Bonchev–Trinajstić information content (AvgIpc) is 3.23. The van der Waals surface area contributed by atoms with Crippen LogP contribution in [-0.4, -0.2) is 47.5 Å². The minimum atomic E-state index is -0.793. The molecule has 0 aliphatic carbocycles. The van der Waals surface area contributed by atoms with Gasteiger partial charge < -0.3 is 29.8 Å². The SMILES string of the molecule is CC[C@H](C)[C@H](NC(=O)c1cn(CC)c2cc3c(cc2c1=O)OCO3)C(=O)NCCCO. The van der Waals surface area contributed by atoms with Gasteiger partial charge in [0.2, 0.25) is 18.1 Å². The monoisotopic (exact) mass is 431 g/mol. The number of fused-ring (bicyclic) bond motifs is 2. The molecule has 0 bridgehead atoms. The largest absolute Gasteiger partial charge is 0.454 e. The van der Waals surface area contributed by atoms with Crippen LogP contribution in [0.5, 0.6) is 11.5 Å². The number of carbonyl (C=O) groups excluding carboxylic acids is 2. The summed E-state index contributed by atoms with van der Waals surface area (Å²) in [5.74, 6) is -0.0560. The van der Waals surface area contributed by atoms with Gasteiger partial charge in [0, 0.05) is 32.0 Å². The molecule has 2 heterocycles. The van der Waals surface area contributed by atoms with Crippen molar-refractivity contribution in [2.45, 2.75) is 46.2 Å². The lowest BCUT2D eigenvalue weighted by Gasteiger charge is -2.23. The number of rotatable bonds is 9. The van der Waals surface area contributed by atoms with E-state index in [-0.39, 0.29) is 30.8 Å². The van der Waals surface area contributed by atoms with Crippen molar-refractivity contribution in [2.24, 2.45) is 5.92 Å². The molecule has 0 unspecified atom stereocenters. The molecule has 168 valence electrons. The zero-order valence-electron chi connectivity index (χ0n) is 18.1. The highest BCUT2D eigenvalue weighted by atomic mass is 16.7. The molecule has 2 amide bonds. The molecule has 0 fully saturated rings. The van der Waals surface area contributed by atoms with Gasteiger partial charge in [-0.1, -0.05) is 20.3 Å². The van der Waals surface area contributed by atoms with Gasteiger partial charge in [-0.3, -0.25) is 14.4 Å². The predicted octanol–water partition coefficient (Wildman–Crippen LogP) is 1.39. The van der Waals surface area contributed by atoms with E-state index in [0.29, 0.717) is 48.3 Å². The molecule has 3 N–H and O–H groups in total. The first-order valence-electron chi connectivity index (χ1n) is 10.6. The Morgan fingerprint density at radius 3 is 2.58 bits per heavy atom. The molecule has 9 heteroatoms. The number of aliphatic hydroxyl groups excluding tert-OH is 1. The maximum absolute atomic E-state index is 13.1. The summed E-state index contributed by atoms with van der Waals surface area (Å²) in [6, 6.07) is 2.54. The zero-order valence-corrected chi connectivity index (χ0v) is 18.1. The molecule has 3 rings (SSSR count). The Bertz CT molecular complexity index is 1030. The highest BCUT2D eigenvalue weighted by molar-refractivity contribution is 6.00. The summed E-state index contributed by atoms with van der Waals surface area (Å²) in [6.45, 7) is 6.59. The molecule has 0 saturated carbocycles. The number of hydrogen-bond acceptors (Lipinski definition) is 6. The number of amides is 2. The first-order valence-corrected chi connectivity index (χ1v) is 10.6. The van der Waals surface area contributed by atoms with Crippen LogP contribution in [0.25, 0.3) is 10.9 Å². The van der Waals surface area contributed by atoms with E-state index < -0.39 is 17.4 Å². The van der Waals surface area contributed by atoms with E-state index in [1.54, 1.807) is 16.7 Å². The molecule has 2 aromatic rings. The average molecular weight is 431 g/mol. The highest BCUT2D eigenvalue weighted by Crippen LogP contribution is 2.35. The van der Waals surface area contributed by atoms with E-state index in [1.807, 2.05) is 20.8 Å². The Balaban J connectivity index is 1.95. The van der Waals surface area contributed by atoms with Crippen molar-refractivity contribution in [2.75, 3.05) is 19.9 Å². The van der Waals surface area contributed by atoms with Crippen LogP contribution in [-0.2, 0) is 11.3 Å². The zero-order chi connectivity index (χ0) is 22.5. The van der Waals surface area contributed by atoms with Crippen LogP contribution < -0.4 is 25.5 Å². The van der Waals surface area contributed by atoms with Crippen LogP contribution >= 0.6 is 0 Å². The topological polar surface area (TPSA) is 119 Å². The molecular formula is C22H29N3O6. The maximum Gasteiger partial charge on any atom is 0.257 e. The number of benzene rings is 1. The van der Waals surface area contributed by atoms with Crippen LogP contribution in [0.15, 0.2) is 23.1 Å². The third-order valence-electron chi connectivity index (χ3n) is 5.58. The van der Waals surface area contributed by atoms with Gasteiger partial charge in [0.05, 0.1) is 10.9 Å². The maximum atomic E-state index is 13.1. The smallest absolute Gasteiger partial charge is 0.257 e. The molecule has 1 aromatic carbocycles. The number of pyridine rings is 1. The van der Waals surface area contributed by atoms with Gasteiger partial charge in [-0.15, -0.1) is 0 Å². The van der Waals surface area contributed by atoms with E-state index in [0.717, 1.165) is 0 Å². The molecule has 1 aliphatic heterocycles. The molecule has 0 spiro atoms. The number of nitrogens with zero attached hydrogens (tertiary/aromatic N) is 1. The van der Waals surface area contributed by atoms with Gasteiger partial charge in [0.25, 0.3) is 5.91 Å². The van der Waals surface area contributed by atoms with Crippen LogP contribution in [0.4, 0.5) is 0 Å². The van der Waals surface area contributed by atoms with Crippen molar-refractivity contribution >= 4 is 22.7 Å². The van der Waals surface area contributed by atoms with Crippen molar-refractivity contribution in [3.63, 3.8) is 0 Å². The fourth-order valence-corrected chi connectivity index (χ4v) is 3.52. The minimum Gasteiger partial charge on any atom is -0.454 e. The van der Waals surface area contributed by atoms with Gasteiger partial charge in [0.1, 0.15) is 11.6 Å². The number of aryl methyl sites for hydroxylation is 1. The molecule has 9 nitrogen and oxygen atoms in total. The molecule has 0 radical (unpaired) electrons. The summed E-state index contributed by atoms with van der Waals surface area (Å²) in [6.07, 6.45) is 2.60. The second-order valence-corrected chi connectivity index (χ2v) is 7.59. The molecule has 31 heavy (non-hydrogen) atoms. The van der Waals surface area contributed by atoms with Gasteiger partial charge in [-0.2, -0.15) is 0 Å². The van der Waals surface area contributed by atoms with Crippen molar-refractivity contribution in [1.82, 2.24) is 15.2 Å². The van der Waals surface area contributed by atoms with E-state index in [4.69, 9.17) is 14.6 Å². The van der Waals surface area contributed by atoms with Crippen LogP contribution in [0.2, 0.25) is 0 Å². The highest BCUT2D eigenvalue weighted by Gasteiger charge is 2.28. The number of hydrogen-bond donors (Lipinski definition) is 3. The third kappa shape index (κ3) is 4.66. The molecular weight excluding hydrogens is 402 g/mol. The Labute approximate surface area is 180 Å². The summed E-state index contributed by atoms with van der Waals surface area (Å²) >= 11 is 0. The fraction of sp³-hybridized carbons (Fsp3) is 0.500. The minimum absolute atomic E-state index is 0.0350. The lowest BCUT2D eigenvalue weighted by Crippen LogP contribution is -2.51. The summed E-state index contributed by atoms with van der Waals surface area (Å²) in [7, 11) is 0. The van der Waals surface area contributed by atoms with E-state index >= 15 is 0 Å². The van der Waals surface area contributed by atoms with Crippen LogP contribution in [0, 0.1) is 5.92 Å². The Kier molecular flexibility index (Phi) is 7.17. The van der Waals surface area contributed by atoms with Gasteiger partial charge >= 0.3 is 0 Å². The molecule has 0 saturated heterocycles. The number of aromatic nitrogens is 1. The third-order valence-corrected chi connectivity index (χ3v) is 5.58. The molecule has 2 atom stereocenters. The lowest BCUT2D eigenvalue weighted by molar-refractivity contribution is -0.124. The summed E-state index contributed by atoms with van der Waals surface area (Å²) in [5, 5.41) is 14.7. The summed E-state index contributed by atoms with van der Waals surface area (Å²) in [4.78, 5) is 38.8. The lowest BCUT2D eigenvalue weighted by atomic mass is 9.97. The predicted molar refractivity (Wildman–Crippen MR) is 115 cm³/mol. The van der Waals surface area contributed by atoms with E-state index in [9.17, 15) is 14.4 Å². The Morgan fingerprint density at radius 1 is 1.23 bits per heavy atom. The number of aliphatic hydroxyl groups is 1. The van der Waals surface area contributed by atoms with Gasteiger partial charge in [-0.25, -0.2) is 0 Å². The second-order valence-electron chi connectivity index (χ2n) is 7.59. The van der Waals surface area contributed by atoms with Crippen molar-refractivity contribution in [3.8, 4) is 11.5 Å². The van der Waals surface area contributed by atoms with Gasteiger partial charge in [-0.05, 0) is 25.3 Å². The number of ether oxygens (including phenoxy) is 2. The quantitative estimate of drug-likeness (QED) is 0.517. The normalized spacial score (nSPS) is 14.3. The first kappa shape index (κ1) is 22.6. The van der Waals surface area contributed by atoms with Crippen molar-refractivity contribution in [1.29, 1.82) is 0 Å². The molecule has 1 aliphatic rings. The Morgan fingerprint density at radius 2 is 1.94 bits per heavy atom. The standard InChI is InChI=1S/C22H29N3O6/c1-4-13(3)19(22(29)23-7-6-8-26)24-21(28)15-11-25(5-2)16-10-18-17(30-12-31-18)9-14(16)20(15)27/h9-11,13,19,26H,4-8,12H2,1-3H3,(H,23,29)(H,24,28)/t13-,19-/m0/s1. The Hall–Kier alpha value is -3.07. The fourth-order valence-electron chi connectivity index (χ4n) is 3.52. The second kappa shape index (κ2) is 9.82. The first-order chi connectivity index (χ1) is 14.9. The molecule has 1 aromatic heterocycles. The van der Waals surface area contributed by atoms with Crippen molar-refractivity contribution in [3.05, 3.63) is 34.1 Å². The van der Waals surface area contributed by atoms with Crippen molar-refractivity contribution < 1.29 is 24.2 Å². The number of carbonyl (C=O) groups is 2. The summed E-state index contributed by atoms with van der Waals surface area (Å²) in [5.41, 5.74) is 0.178. The van der Waals surface area contributed by atoms with Gasteiger partial charge in [0.15, 0.2) is 11.5 Å². The summed E-state index contributed by atoms with van der Waals surface area (Å²) < 4.78 is 12.6. The van der Waals surface area contributed by atoms with Crippen LogP contribution in [0.1, 0.15) is 44.0 Å². The van der Waals surface area contributed by atoms with Crippen LogP contribution in [0.3, 0.4) is 0 Å². The van der Waals surface area contributed by atoms with E-state index in [2.05, 4.69) is 10.6 Å².